The zero-order chi connectivity index (χ0) is 16.8. The van der Waals surface area contributed by atoms with Crippen molar-refractivity contribution in [2.24, 2.45) is 0 Å². The molecule has 126 valence electrons. The number of nitrogens with one attached hydrogen (secondary N) is 1. The van der Waals surface area contributed by atoms with Crippen LogP contribution in [0, 0.1) is 0 Å². The van der Waals surface area contributed by atoms with Gasteiger partial charge in [0.15, 0.2) is 0 Å². The Morgan fingerprint density at radius 2 is 1.83 bits per heavy atom. The minimum absolute atomic E-state index is 0.00879. The van der Waals surface area contributed by atoms with Crippen LogP contribution < -0.4 is 5.32 Å². The van der Waals surface area contributed by atoms with Gasteiger partial charge in [0.2, 0.25) is 0 Å². The first-order chi connectivity index (χ1) is 11.7. The molecule has 0 atom stereocenters. The molecule has 0 saturated carbocycles. The molecular formula is C19H22BrN3O. The Morgan fingerprint density at radius 1 is 1.00 bits per heavy atom. The van der Waals surface area contributed by atoms with Crippen molar-refractivity contribution in [1.82, 2.24) is 9.80 Å². The number of carbonyl (C=O) groups is 1. The molecule has 0 bridgehead atoms. The molecule has 24 heavy (non-hydrogen) atoms. The molecule has 0 radical (unpaired) electrons. The first-order valence-corrected chi connectivity index (χ1v) is 9.08. The normalized spacial score (nSPS) is 15.8. The zero-order valence-corrected chi connectivity index (χ0v) is 15.2. The molecule has 2 amide bonds. The van der Waals surface area contributed by atoms with Gasteiger partial charge >= 0.3 is 6.03 Å². The quantitative estimate of drug-likeness (QED) is 0.856. The predicted octanol–water partition coefficient (Wildman–Crippen LogP) is 4.19. The lowest BCUT2D eigenvalue weighted by molar-refractivity contribution is 0.211. The molecule has 2 aromatic carbocycles. The number of para-hydroxylation sites is 1. The number of hydrogen-bond donors (Lipinski definition) is 1. The second kappa shape index (κ2) is 8.31. The van der Waals surface area contributed by atoms with Crippen LogP contribution >= 0.6 is 15.9 Å². The van der Waals surface area contributed by atoms with E-state index >= 15 is 0 Å². The van der Waals surface area contributed by atoms with E-state index in [4.69, 9.17) is 0 Å². The van der Waals surface area contributed by atoms with Crippen LogP contribution in [0.15, 0.2) is 59.1 Å². The molecule has 3 rings (SSSR count). The average Bonchev–Trinajstić information content (AvgIpc) is 2.81. The predicted molar refractivity (Wildman–Crippen MR) is 101 cm³/mol. The number of rotatable bonds is 3. The highest BCUT2D eigenvalue weighted by atomic mass is 79.9. The lowest BCUT2D eigenvalue weighted by Gasteiger charge is -2.22. The van der Waals surface area contributed by atoms with Gasteiger partial charge in [0.05, 0.1) is 0 Å². The largest absolute Gasteiger partial charge is 0.323 e. The second-order valence-electron chi connectivity index (χ2n) is 6.04. The molecule has 0 unspecified atom stereocenters. The fourth-order valence-electron chi connectivity index (χ4n) is 2.95. The van der Waals surface area contributed by atoms with E-state index in [2.05, 4.69) is 44.3 Å². The monoisotopic (exact) mass is 387 g/mol. The van der Waals surface area contributed by atoms with E-state index in [-0.39, 0.29) is 6.03 Å². The number of carbonyl (C=O) groups excluding carboxylic acids is 1. The third-order valence-electron chi connectivity index (χ3n) is 4.20. The molecule has 0 aliphatic carbocycles. The van der Waals surface area contributed by atoms with Gasteiger partial charge in [-0.25, -0.2) is 4.79 Å². The Labute approximate surface area is 151 Å². The molecule has 1 aliphatic rings. The standard InChI is InChI=1S/C19H22BrN3O/c20-17-7-4-6-16(14-17)15-22-10-5-11-23(13-12-22)19(24)21-18-8-2-1-3-9-18/h1-4,6-9,14H,5,10-13,15H2,(H,21,24). The van der Waals surface area contributed by atoms with E-state index in [0.29, 0.717) is 0 Å². The smallest absolute Gasteiger partial charge is 0.321 e. The van der Waals surface area contributed by atoms with Crippen molar-refractivity contribution in [2.45, 2.75) is 13.0 Å². The summed E-state index contributed by atoms with van der Waals surface area (Å²) in [5.41, 5.74) is 2.14. The number of amides is 2. The summed E-state index contributed by atoms with van der Waals surface area (Å²) in [4.78, 5) is 16.7. The first kappa shape index (κ1) is 17.0. The average molecular weight is 388 g/mol. The van der Waals surface area contributed by atoms with Gasteiger partial charge in [-0.05, 0) is 36.2 Å². The van der Waals surface area contributed by atoms with Crippen LogP contribution in [0.5, 0.6) is 0 Å². The van der Waals surface area contributed by atoms with Gasteiger partial charge in [0, 0.05) is 42.9 Å². The van der Waals surface area contributed by atoms with Crippen molar-refractivity contribution < 1.29 is 4.79 Å². The molecule has 1 N–H and O–H groups in total. The fourth-order valence-corrected chi connectivity index (χ4v) is 3.40. The SMILES string of the molecule is O=C(Nc1ccccc1)N1CCCN(Cc2cccc(Br)c2)CC1. The molecule has 2 aromatic rings. The Balaban J connectivity index is 1.54. The number of anilines is 1. The summed E-state index contributed by atoms with van der Waals surface area (Å²) in [7, 11) is 0. The van der Waals surface area contributed by atoms with E-state index < -0.39 is 0 Å². The highest BCUT2D eigenvalue weighted by Gasteiger charge is 2.19. The van der Waals surface area contributed by atoms with Crippen LogP contribution in [0.25, 0.3) is 0 Å². The summed E-state index contributed by atoms with van der Waals surface area (Å²) in [6.07, 6.45) is 0.996. The third-order valence-corrected chi connectivity index (χ3v) is 4.69. The highest BCUT2D eigenvalue weighted by Crippen LogP contribution is 2.15. The van der Waals surface area contributed by atoms with Gasteiger partial charge in [0.1, 0.15) is 0 Å². The van der Waals surface area contributed by atoms with E-state index in [0.717, 1.165) is 49.3 Å². The van der Waals surface area contributed by atoms with Gasteiger partial charge in [-0.3, -0.25) is 4.90 Å². The van der Waals surface area contributed by atoms with Crippen LogP contribution in [0.4, 0.5) is 10.5 Å². The van der Waals surface area contributed by atoms with Crippen molar-refractivity contribution in [1.29, 1.82) is 0 Å². The van der Waals surface area contributed by atoms with Crippen LogP contribution in [-0.2, 0) is 6.54 Å². The number of nitrogens with zero attached hydrogens (tertiary/aromatic N) is 2. The van der Waals surface area contributed by atoms with E-state index in [1.807, 2.05) is 41.3 Å². The van der Waals surface area contributed by atoms with Crippen molar-refractivity contribution in [3.8, 4) is 0 Å². The minimum atomic E-state index is -0.00879. The molecule has 4 nitrogen and oxygen atoms in total. The Kier molecular flexibility index (Phi) is 5.88. The van der Waals surface area contributed by atoms with Gasteiger partial charge in [0.25, 0.3) is 0 Å². The molecule has 1 heterocycles. The molecular weight excluding hydrogens is 366 g/mol. The summed E-state index contributed by atoms with van der Waals surface area (Å²) in [6, 6.07) is 18.0. The highest BCUT2D eigenvalue weighted by molar-refractivity contribution is 9.10. The molecule has 0 aromatic heterocycles. The maximum absolute atomic E-state index is 12.4. The molecule has 1 aliphatic heterocycles. The summed E-state index contributed by atoms with van der Waals surface area (Å²) in [5, 5.41) is 2.97. The second-order valence-corrected chi connectivity index (χ2v) is 6.96. The number of hydrogen-bond acceptors (Lipinski definition) is 2. The van der Waals surface area contributed by atoms with Crippen LogP contribution in [0.3, 0.4) is 0 Å². The molecule has 1 fully saturated rings. The number of urea groups is 1. The van der Waals surface area contributed by atoms with Crippen molar-refractivity contribution in [2.75, 3.05) is 31.5 Å². The van der Waals surface area contributed by atoms with E-state index in [9.17, 15) is 4.79 Å². The van der Waals surface area contributed by atoms with Crippen LogP contribution in [-0.4, -0.2) is 42.0 Å². The number of benzene rings is 2. The lowest BCUT2D eigenvalue weighted by atomic mass is 10.2. The molecule has 1 saturated heterocycles. The van der Waals surface area contributed by atoms with Crippen LogP contribution in [0.1, 0.15) is 12.0 Å². The Bertz CT molecular complexity index is 677. The summed E-state index contributed by atoms with van der Waals surface area (Å²) in [5.74, 6) is 0. The van der Waals surface area contributed by atoms with Gasteiger partial charge in [-0.15, -0.1) is 0 Å². The summed E-state index contributed by atoms with van der Waals surface area (Å²) < 4.78 is 1.11. The topological polar surface area (TPSA) is 35.6 Å². The third kappa shape index (κ3) is 4.82. The van der Waals surface area contributed by atoms with E-state index in [1.165, 1.54) is 5.56 Å². The fraction of sp³-hybridized carbons (Fsp3) is 0.316. The van der Waals surface area contributed by atoms with Gasteiger partial charge < -0.3 is 10.2 Å². The molecule has 5 heteroatoms. The Morgan fingerprint density at radius 3 is 2.62 bits per heavy atom. The van der Waals surface area contributed by atoms with Crippen molar-refractivity contribution in [3.05, 3.63) is 64.6 Å². The summed E-state index contributed by atoms with van der Waals surface area (Å²) >= 11 is 3.52. The number of halogens is 1. The summed E-state index contributed by atoms with van der Waals surface area (Å²) in [6.45, 7) is 4.39. The van der Waals surface area contributed by atoms with Crippen molar-refractivity contribution >= 4 is 27.6 Å². The van der Waals surface area contributed by atoms with E-state index in [1.54, 1.807) is 0 Å². The van der Waals surface area contributed by atoms with Gasteiger partial charge in [-0.1, -0.05) is 46.3 Å². The van der Waals surface area contributed by atoms with Crippen molar-refractivity contribution in [3.63, 3.8) is 0 Å². The maximum Gasteiger partial charge on any atom is 0.321 e. The zero-order valence-electron chi connectivity index (χ0n) is 13.6. The first-order valence-electron chi connectivity index (χ1n) is 8.28. The van der Waals surface area contributed by atoms with Gasteiger partial charge in [-0.2, -0.15) is 0 Å². The lowest BCUT2D eigenvalue weighted by Crippen LogP contribution is -2.38. The maximum atomic E-state index is 12.4. The van der Waals surface area contributed by atoms with Crippen LogP contribution in [0.2, 0.25) is 0 Å². The molecule has 0 spiro atoms. The Hall–Kier alpha value is -1.85. The minimum Gasteiger partial charge on any atom is -0.323 e.